The number of nitrogens with two attached hydrogens (primary N) is 1. The first-order valence-electron chi connectivity index (χ1n) is 11.1. The highest BCUT2D eigenvalue weighted by Crippen LogP contribution is 2.27. The van der Waals surface area contributed by atoms with Crippen LogP contribution >= 0.6 is 0 Å². The van der Waals surface area contributed by atoms with Gasteiger partial charge < -0.3 is 20.7 Å². The quantitative estimate of drug-likeness (QED) is 0.541. The van der Waals surface area contributed by atoms with Crippen LogP contribution in [0.5, 0.6) is 0 Å². The van der Waals surface area contributed by atoms with E-state index in [-0.39, 0.29) is 11.9 Å². The number of hydrogen-bond donors (Lipinski definition) is 2. The Kier molecular flexibility index (Phi) is 6.57. The zero-order chi connectivity index (χ0) is 23.4. The van der Waals surface area contributed by atoms with Gasteiger partial charge in [-0.3, -0.25) is 9.28 Å². The number of nitrogens with one attached hydrogen (secondary N) is 1. The third kappa shape index (κ3) is 5.13. The topological polar surface area (TPSA) is 93.4 Å². The summed E-state index contributed by atoms with van der Waals surface area (Å²) in [6, 6.07) is 17.9. The summed E-state index contributed by atoms with van der Waals surface area (Å²) < 4.78 is 5.81. The van der Waals surface area contributed by atoms with Gasteiger partial charge in [-0.1, -0.05) is 0 Å². The monoisotopic (exact) mass is 447 g/mol. The van der Waals surface area contributed by atoms with E-state index in [0.717, 1.165) is 48.9 Å². The number of carbonyl (C=O) groups is 1. The maximum absolute atomic E-state index is 11.7. The predicted octanol–water partition coefficient (Wildman–Crippen LogP) is 3.16. The lowest BCUT2D eigenvalue weighted by Crippen LogP contribution is -2.54. The standard InChI is InChI=1S/C25H30N6O2/c1-18(24(26)32)31(2,3)22-10-4-19(5-11-22)23-12-13-27-25(29-23)28-20-6-8-21(9-7-20)30-14-16-33-17-15-30/h4-13,18H,14-17H2,1-3H3,(H2-,26,27,28,29,32)/p+1/t18-/m0/s1. The molecule has 2 heterocycles. The van der Waals surface area contributed by atoms with Crippen LogP contribution in [-0.4, -0.2) is 62.3 Å². The molecule has 4 rings (SSSR count). The maximum atomic E-state index is 11.7. The van der Waals surface area contributed by atoms with Crippen molar-refractivity contribution < 1.29 is 9.53 Å². The molecule has 1 fully saturated rings. The van der Waals surface area contributed by atoms with E-state index < -0.39 is 0 Å². The number of morpholine rings is 1. The van der Waals surface area contributed by atoms with Gasteiger partial charge in [0.2, 0.25) is 5.95 Å². The van der Waals surface area contributed by atoms with Crippen molar-refractivity contribution in [1.29, 1.82) is 0 Å². The molecule has 33 heavy (non-hydrogen) atoms. The van der Waals surface area contributed by atoms with E-state index in [9.17, 15) is 4.79 Å². The average molecular weight is 448 g/mol. The van der Waals surface area contributed by atoms with Gasteiger partial charge in [0.15, 0.2) is 6.04 Å². The summed E-state index contributed by atoms with van der Waals surface area (Å²) in [6.07, 6.45) is 1.75. The molecule has 0 radical (unpaired) electrons. The average Bonchev–Trinajstić information content (AvgIpc) is 2.85. The lowest BCUT2D eigenvalue weighted by molar-refractivity contribution is -0.121. The highest BCUT2D eigenvalue weighted by atomic mass is 16.5. The van der Waals surface area contributed by atoms with Gasteiger partial charge >= 0.3 is 0 Å². The number of aromatic nitrogens is 2. The van der Waals surface area contributed by atoms with Gasteiger partial charge in [-0.25, -0.2) is 9.97 Å². The van der Waals surface area contributed by atoms with E-state index >= 15 is 0 Å². The fraction of sp³-hybridized carbons (Fsp3) is 0.320. The first kappa shape index (κ1) is 22.7. The van der Waals surface area contributed by atoms with E-state index in [4.69, 9.17) is 10.5 Å². The Balaban J connectivity index is 1.47. The summed E-state index contributed by atoms with van der Waals surface area (Å²) in [5.41, 5.74) is 10.4. The first-order valence-corrected chi connectivity index (χ1v) is 11.1. The van der Waals surface area contributed by atoms with E-state index in [1.54, 1.807) is 6.20 Å². The zero-order valence-corrected chi connectivity index (χ0v) is 19.4. The molecule has 0 spiro atoms. The Bertz CT molecular complexity index is 1090. The van der Waals surface area contributed by atoms with Gasteiger partial charge in [0.1, 0.15) is 5.69 Å². The Morgan fingerprint density at radius 2 is 1.73 bits per heavy atom. The lowest BCUT2D eigenvalue weighted by atomic mass is 10.1. The molecule has 172 valence electrons. The Labute approximate surface area is 194 Å². The molecule has 0 aliphatic carbocycles. The highest BCUT2D eigenvalue weighted by Gasteiger charge is 2.31. The number of likely N-dealkylation sites (N-methyl/N-ethyl adjacent to an activating group) is 1. The van der Waals surface area contributed by atoms with E-state index in [1.165, 1.54) is 5.69 Å². The van der Waals surface area contributed by atoms with Gasteiger partial charge in [-0.2, -0.15) is 0 Å². The van der Waals surface area contributed by atoms with Crippen molar-refractivity contribution in [1.82, 2.24) is 14.5 Å². The first-order chi connectivity index (χ1) is 15.8. The minimum absolute atomic E-state index is 0.325. The second kappa shape index (κ2) is 9.56. The number of ether oxygens (including phenoxy) is 1. The molecule has 0 bridgehead atoms. The van der Waals surface area contributed by atoms with Gasteiger partial charge in [-0.05, 0) is 61.5 Å². The molecule has 1 saturated heterocycles. The number of primary amides is 1. The number of nitrogens with zero attached hydrogens (tertiary/aromatic N) is 4. The van der Waals surface area contributed by atoms with Gasteiger partial charge in [-0.15, -0.1) is 0 Å². The molecule has 1 aliphatic heterocycles. The molecule has 1 amide bonds. The molecule has 0 saturated carbocycles. The van der Waals surface area contributed by atoms with Gasteiger partial charge in [0, 0.05) is 36.2 Å². The SMILES string of the molecule is C[C@@H](C(N)=O)[N+](C)(C)c1ccc(-c2ccnc(Nc3ccc(N4CCOCC4)cc3)n2)cc1. The summed E-state index contributed by atoms with van der Waals surface area (Å²) in [6.45, 7) is 5.19. The molecule has 2 aromatic carbocycles. The normalized spacial score (nSPS) is 15.2. The van der Waals surface area contributed by atoms with Crippen LogP contribution in [0.4, 0.5) is 23.0 Å². The van der Waals surface area contributed by atoms with Crippen molar-refractivity contribution in [3.8, 4) is 11.3 Å². The number of anilines is 3. The van der Waals surface area contributed by atoms with Crippen molar-refractivity contribution in [2.45, 2.75) is 13.0 Å². The second-order valence-corrected chi connectivity index (χ2v) is 8.70. The van der Waals surface area contributed by atoms with Crippen LogP contribution in [0.25, 0.3) is 11.3 Å². The fourth-order valence-corrected chi connectivity index (χ4v) is 3.84. The molecule has 8 nitrogen and oxygen atoms in total. The van der Waals surface area contributed by atoms with Crippen LogP contribution in [0.3, 0.4) is 0 Å². The summed E-state index contributed by atoms with van der Waals surface area (Å²) in [4.78, 5) is 23.0. The molecule has 1 atom stereocenters. The molecule has 3 aromatic rings. The summed E-state index contributed by atoms with van der Waals surface area (Å²) in [5, 5.41) is 3.29. The third-order valence-electron chi connectivity index (χ3n) is 6.36. The summed E-state index contributed by atoms with van der Waals surface area (Å²) >= 11 is 0. The van der Waals surface area contributed by atoms with Crippen LogP contribution in [0.15, 0.2) is 60.8 Å². The Morgan fingerprint density at radius 3 is 2.36 bits per heavy atom. The summed E-state index contributed by atoms with van der Waals surface area (Å²) in [7, 11) is 3.95. The Hall–Kier alpha value is -3.49. The van der Waals surface area contributed by atoms with Crippen molar-refractivity contribution >= 4 is 28.9 Å². The van der Waals surface area contributed by atoms with Gasteiger partial charge in [0.05, 0.1) is 33.0 Å². The minimum Gasteiger partial charge on any atom is -0.378 e. The molecule has 3 N–H and O–H groups in total. The summed E-state index contributed by atoms with van der Waals surface area (Å²) in [5.74, 6) is 0.211. The molecular formula is C25H31N6O2+. The fourth-order valence-electron chi connectivity index (χ4n) is 3.84. The van der Waals surface area contributed by atoms with Crippen LogP contribution < -0.4 is 20.4 Å². The largest absolute Gasteiger partial charge is 0.378 e. The molecular weight excluding hydrogens is 416 g/mol. The number of quaternary nitrogens is 1. The van der Waals surface area contributed by atoms with Gasteiger partial charge in [0.25, 0.3) is 5.91 Å². The van der Waals surface area contributed by atoms with Crippen molar-refractivity contribution in [3.05, 3.63) is 60.8 Å². The van der Waals surface area contributed by atoms with E-state index in [2.05, 4.69) is 32.3 Å². The second-order valence-electron chi connectivity index (χ2n) is 8.70. The maximum Gasteiger partial charge on any atom is 0.275 e. The third-order valence-corrected chi connectivity index (χ3v) is 6.36. The van der Waals surface area contributed by atoms with Crippen molar-refractivity contribution in [2.24, 2.45) is 5.73 Å². The lowest BCUT2D eigenvalue weighted by Gasteiger charge is -2.33. The number of amides is 1. The highest BCUT2D eigenvalue weighted by molar-refractivity contribution is 5.81. The Morgan fingerprint density at radius 1 is 1.06 bits per heavy atom. The van der Waals surface area contributed by atoms with Crippen LogP contribution in [0.1, 0.15) is 6.92 Å². The molecule has 1 aromatic heterocycles. The molecule has 0 unspecified atom stereocenters. The number of hydrogen-bond acceptors (Lipinski definition) is 6. The molecule has 1 aliphatic rings. The van der Waals surface area contributed by atoms with E-state index in [1.807, 2.05) is 63.5 Å². The number of carbonyl (C=O) groups excluding carboxylic acids is 1. The van der Waals surface area contributed by atoms with Crippen molar-refractivity contribution in [2.75, 3.05) is 50.6 Å². The van der Waals surface area contributed by atoms with Crippen LogP contribution in [0.2, 0.25) is 0 Å². The molecule has 8 heteroatoms. The number of benzene rings is 2. The zero-order valence-electron chi connectivity index (χ0n) is 19.4. The van der Waals surface area contributed by atoms with Crippen LogP contribution in [0, 0.1) is 0 Å². The predicted molar refractivity (Wildman–Crippen MR) is 133 cm³/mol. The van der Waals surface area contributed by atoms with Crippen LogP contribution in [-0.2, 0) is 9.53 Å². The minimum atomic E-state index is -0.333. The smallest absolute Gasteiger partial charge is 0.275 e. The number of rotatable bonds is 7. The van der Waals surface area contributed by atoms with E-state index in [0.29, 0.717) is 10.4 Å². The van der Waals surface area contributed by atoms with Crippen molar-refractivity contribution in [3.63, 3.8) is 0 Å².